The lowest BCUT2D eigenvalue weighted by Gasteiger charge is -2.12. The molecule has 0 aliphatic carbocycles. The molecule has 0 saturated carbocycles. The van der Waals surface area contributed by atoms with Gasteiger partial charge in [-0.15, -0.1) is 0 Å². The van der Waals surface area contributed by atoms with Crippen molar-refractivity contribution in [2.24, 2.45) is 0 Å². The minimum atomic E-state index is -0.472. The smallest absolute Gasteiger partial charge is 0.241 e. The molecule has 1 aromatic rings. The maximum Gasteiger partial charge on any atom is 0.241 e. The van der Waals surface area contributed by atoms with Gasteiger partial charge in [-0.05, 0) is 18.6 Å². The van der Waals surface area contributed by atoms with Gasteiger partial charge in [-0.3, -0.25) is 4.79 Å². The fourth-order valence-corrected chi connectivity index (χ4v) is 2.08. The Kier molecular flexibility index (Phi) is 3.89. The molecule has 2 rings (SSSR count). The fraction of sp³-hybridized carbons (Fsp3) is 0.364. The molecular formula is C11H12Cl2N2O2. The van der Waals surface area contributed by atoms with Crippen LogP contribution in [0.5, 0.6) is 0 Å². The number of nitrogens with one attached hydrogen (secondary N) is 2. The Balaban J connectivity index is 2.06. The van der Waals surface area contributed by atoms with Gasteiger partial charge in [-0.25, -0.2) is 0 Å². The lowest BCUT2D eigenvalue weighted by molar-refractivity contribution is -0.117. The van der Waals surface area contributed by atoms with Gasteiger partial charge in [0.25, 0.3) is 0 Å². The summed E-state index contributed by atoms with van der Waals surface area (Å²) in [4.78, 5) is 11.8. The number of carbonyl (C=O) groups excluding carboxylic acids is 1. The van der Waals surface area contributed by atoms with E-state index in [4.69, 9.17) is 23.2 Å². The Morgan fingerprint density at radius 2 is 2.24 bits per heavy atom. The van der Waals surface area contributed by atoms with Crippen molar-refractivity contribution >= 4 is 34.8 Å². The third-order valence-corrected chi connectivity index (χ3v) is 3.45. The maximum atomic E-state index is 11.8. The van der Waals surface area contributed by atoms with Crippen LogP contribution in [0.1, 0.15) is 6.42 Å². The van der Waals surface area contributed by atoms with Crippen molar-refractivity contribution in [3.8, 4) is 0 Å². The average Bonchev–Trinajstić information content (AvgIpc) is 2.72. The van der Waals surface area contributed by atoms with Crippen LogP contribution in [0.3, 0.4) is 0 Å². The van der Waals surface area contributed by atoms with Gasteiger partial charge in [0, 0.05) is 6.54 Å². The summed E-state index contributed by atoms with van der Waals surface area (Å²) in [5, 5.41) is 15.6. The van der Waals surface area contributed by atoms with Gasteiger partial charge in [0.2, 0.25) is 5.91 Å². The standard InChI is InChI=1S/C11H12Cl2N2O2/c12-7-2-1-3-8(10(7)13)15-11(17)9-4-6(16)5-14-9/h1-3,6,9,14,16H,4-5H2,(H,15,17). The van der Waals surface area contributed by atoms with Crippen molar-refractivity contribution in [2.45, 2.75) is 18.6 Å². The van der Waals surface area contributed by atoms with Gasteiger partial charge in [0.05, 0.1) is 27.9 Å². The van der Waals surface area contributed by atoms with E-state index in [1.54, 1.807) is 18.2 Å². The molecule has 0 bridgehead atoms. The molecule has 0 spiro atoms. The highest BCUT2D eigenvalue weighted by Gasteiger charge is 2.28. The summed E-state index contributed by atoms with van der Waals surface area (Å²) in [6, 6.07) is 4.65. The highest BCUT2D eigenvalue weighted by molar-refractivity contribution is 6.44. The van der Waals surface area contributed by atoms with Gasteiger partial charge in [0.15, 0.2) is 0 Å². The Morgan fingerprint density at radius 1 is 1.47 bits per heavy atom. The second-order valence-electron chi connectivity index (χ2n) is 3.94. The highest BCUT2D eigenvalue weighted by Crippen LogP contribution is 2.29. The van der Waals surface area contributed by atoms with Gasteiger partial charge in [-0.1, -0.05) is 29.3 Å². The first-order valence-corrected chi connectivity index (χ1v) is 6.00. The van der Waals surface area contributed by atoms with Crippen molar-refractivity contribution < 1.29 is 9.90 Å². The monoisotopic (exact) mass is 274 g/mol. The van der Waals surface area contributed by atoms with Crippen molar-refractivity contribution in [3.63, 3.8) is 0 Å². The normalized spacial score (nSPS) is 23.7. The number of aliphatic hydroxyl groups excluding tert-OH is 1. The van der Waals surface area contributed by atoms with Crippen LogP contribution in [0.15, 0.2) is 18.2 Å². The fourth-order valence-electron chi connectivity index (χ4n) is 1.74. The second-order valence-corrected chi connectivity index (χ2v) is 4.73. The van der Waals surface area contributed by atoms with Gasteiger partial charge in [-0.2, -0.15) is 0 Å². The second kappa shape index (κ2) is 5.23. The predicted molar refractivity (Wildman–Crippen MR) is 67.5 cm³/mol. The number of amides is 1. The Labute approximate surface area is 109 Å². The first-order chi connectivity index (χ1) is 8.08. The minimum Gasteiger partial charge on any atom is -0.392 e. The summed E-state index contributed by atoms with van der Waals surface area (Å²) in [5.74, 6) is -0.217. The van der Waals surface area contributed by atoms with Crippen LogP contribution in [-0.2, 0) is 4.79 Å². The van der Waals surface area contributed by atoms with E-state index in [2.05, 4.69) is 10.6 Å². The van der Waals surface area contributed by atoms with Gasteiger partial charge >= 0.3 is 0 Å². The minimum absolute atomic E-state index is 0.217. The topological polar surface area (TPSA) is 61.4 Å². The van der Waals surface area contributed by atoms with E-state index in [0.29, 0.717) is 28.7 Å². The van der Waals surface area contributed by atoms with E-state index >= 15 is 0 Å². The van der Waals surface area contributed by atoms with Gasteiger partial charge < -0.3 is 15.7 Å². The molecule has 1 heterocycles. The van der Waals surface area contributed by atoms with E-state index in [1.807, 2.05) is 0 Å². The van der Waals surface area contributed by atoms with E-state index in [1.165, 1.54) is 0 Å². The molecule has 6 heteroatoms. The molecule has 4 nitrogen and oxygen atoms in total. The first kappa shape index (κ1) is 12.6. The molecule has 1 saturated heterocycles. The van der Waals surface area contributed by atoms with Crippen LogP contribution >= 0.6 is 23.2 Å². The SMILES string of the molecule is O=C(Nc1cccc(Cl)c1Cl)C1CC(O)CN1. The summed E-state index contributed by atoms with van der Waals surface area (Å²) in [6.45, 7) is 0.432. The molecule has 1 aliphatic heterocycles. The Bertz CT molecular complexity index is 439. The van der Waals surface area contributed by atoms with Crippen LogP contribution in [-0.4, -0.2) is 29.7 Å². The van der Waals surface area contributed by atoms with Crippen molar-refractivity contribution in [2.75, 3.05) is 11.9 Å². The van der Waals surface area contributed by atoms with Crippen molar-refractivity contribution in [1.29, 1.82) is 0 Å². The maximum absolute atomic E-state index is 11.8. The lowest BCUT2D eigenvalue weighted by atomic mass is 10.2. The number of hydrogen-bond donors (Lipinski definition) is 3. The summed E-state index contributed by atoms with van der Waals surface area (Å²) in [7, 11) is 0. The van der Waals surface area contributed by atoms with Gasteiger partial charge in [0.1, 0.15) is 0 Å². The summed E-state index contributed by atoms with van der Waals surface area (Å²) in [6.07, 6.45) is -0.0649. The van der Waals surface area contributed by atoms with Crippen LogP contribution in [0.4, 0.5) is 5.69 Å². The predicted octanol–water partition coefficient (Wildman–Crippen LogP) is 1.65. The quantitative estimate of drug-likeness (QED) is 0.769. The number of anilines is 1. The molecule has 2 atom stereocenters. The molecular weight excluding hydrogens is 263 g/mol. The van der Waals surface area contributed by atoms with E-state index in [9.17, 15) is 9.90 Å². The molecule has 17 heavy (non-hydrogen) atoms. The molecule has 1 amide bonds. The number of β-amino-alcohol motifs (C(OH)–C–C–N with tert-alkyl or cyclic N) is 1. The van der Waals surface area contributed by atoms with Crippen molar-refractivity contribution in [1.82, 2.24) is 5.32 Å². The number of hydrogen-bond acceptors (Lipinski definition) is 3. The van der Waals surface area contributed by atoms with Crippen LogP contribution in [0, 0.1) is 0 Å². The number of halogens is 2. The lowest BCUT2D eigenvalue weighted by Crippen LogP contribution is -2.35. The molecule has 1 aromatic carbocycles. The van der Waals surface area contributed by atoms with Crippen LogP contribution < -0.4 is 10.6 Å². The molecule has 1 aliphatic rings. The zero-order valence-electron chi connectivity index (χ0n) is 8.91. The number of aliphatic hydroxyl groups is 1. The largest absolute Gasteiger partial charge is 0.392 e. The number of rotatable bonds is 2. The van der Waals surface area contributed by atoms with E-state index in [0.717, 1.165) is 0 Å². The molecule has 0 aromatic heterocycles. The summed E-state index contributed by atoms with van der Waals surface area (Å²) >= 11 is 11.8. The number of carbonyl (C=O) groups is 1. The molecule has 0 radical (unpaired) electrons. The molecule has 92 valence electrons. The summed E-state index contributed by atoms with van der Waals surface area (Å²) in [5.41, 5.74) is 0.479. The van der Waals surface area contributed by atoms with E-state index < -0.39 is 6.10 Å². The highest BCUT2D eigenvalue weighted by atomic mass is 35.5. The Morgan fingerprint density at radius 3 is 2.88 bits per heavy atom. The first-order valence-electron chi connectivity index (χ1n) is 5.24. The third kappa shape index (κ3) is 2.90. The molecule has 3 N–H and O–H groups in total. The third-order valence-electron chi connectivity index (χ3n) is 2.63. The zero-order chi connectivity index (χ0) is 12.4. The Hall–Kier alpha value is -0.810. The number of benzene rings is 1. The molecule has 2 unspecified atom stereocenters. The van der Waals surface area contributed by atoms with Crippen LogP contribution in [0.25, 0.3) is 0 Å². The zero-order valence-corrected chi connectivity index (χ0v) is 10.4. The molecule has 1 fully saturated rings. The summed E-state index contributed by atoms with van der Waals surface area (Å²) < 4.78 is 0. The average molecular weight is 275 g/mol. The van der Waals surface area contributed by atoms with Crippen LogP contribution in [0.2, 0.25) is 10.0 Å². The van der Waals surface area contributed by atoms with E-state index in [-0.39, 0.29) is 11.9 Å². The van der Waals surface area contributed by atoms with Crippen molar-refractivity contribution in [3.05, 3.63) is 28.2 Å².